The van der Waals surface area contributed by atoms with Crippen LogP contribution in [0.15, 0.2) is 29.2 Å². The zero-order valence-electron chi connectivity index (χ0n) is 18.7. The van der Waals surface area contributed by atoms with Crippen molar-refractivity contribution in [2.75, 3.05) is 52.5 Å². The molecule has 2 amide bonds. The third-order valence-corrected chi connectivity index (χ3v) is 6.16. The monoisotopic (exact) mass is 444 g/mol. The van der Waals surface area contributed by atoms with Crippen LogP contribution in [0.5, 0.6) is 0 Å². The van der Waals surface area contributed by atoms with Gasteiger partial charge in [-0.1, -0.05) is 0 Å². The SMILES string of the molecule is CC(=O)N(CCCN1CCOCC1)C1CCCN(C(=O)c2ccc(Cn3cncn3)o2)C1. The van der Waals surface area contributed by atoms with Crippen LogP contribution < -0.4 is 0 Å². The Morgan fingerprint density at radius 1 is 1.22 bits per heavy atom. The molecule has 10 nitrogen and oxygen atoms in total. The average molecular weight is 445 g/mol. The molecule has 174 valence electrons. The van der Waals surface area contributed by atoms with Gasteiger partial charge in [-0.2, -0.15) is 5.10 Å². The Morgan fingerprint density at radius 2 is 2.06 bits per heavy atom. The Bertz CT molecular complexity index is 877. The van der Waals surface area contributed by atoms with Crippen molar-refractivity contribution < 1.29 is 18.7 Å². The van der Waals surface area contributed by atoms with E-state index in [9.17, 15) is 9.59 Å². The Morgan fingerprint density at radius 3 is 2.81 bits per heavy atom. The smallest absolute Gasteiger partial charge is 0.289 e. The fourth-order valence-electron chi connectivity index (χ4n) is 4.49. The van der Waals surface area contributed by atoms with Crippen LogP contribution in [0.4, 0.5) is 0 Å². The van der Waals surface area contributed by atoms with Crippen molar-refractivity contribution in [3.05, 3.63) is 36.3 Å². The van der Waals surface area contributed by atoms with Gasteiger partial charge in [-0.25, -0.2) is 9.67 Å². The molecule has 0 bridgehead atoms. The maximum absolute atomic E-state index is 13.0. The van der Waals surface area contributed by atoms with E-state index in [-0.39, 0.29) is 17.9 Å². The van der Waals surface area contributed by atoms with E-state index in [1.807, 2.05) is 9.80 Å². The number of piperidine rings is 1. The maximum Gasteiger partial charge on any atom is 0.289 e. The minimum Gasteiger partial charge on any atom is -0.454 e. The molecule has 2 saturated heterocycles. The second kappa shape index (κ2) is 10.7. The quantitative estimate of drug-likeness (QED) is 0.601. The molecule has 32 heavy (non-hydrogen) atoms. The number of amides is 2. The number of carbonyl (C=O) groups excluding carboxylic acids is 2. The summed E-state index contributed by atoms with van der Waals surface area (Å²) in [5.74, 6) is 0.916. The molecule has 0 aliphatic carbocycles. The van der Waals surface area contributed by atoms with Crippen molar-refractivity contribution in [3.8, 4) is 0 Å². The summed E-state index contributed by atoms with van der Waals surface area (Å²) in [6, 6.07) is 3.55. The number of hydrogen-bond donors (Lipinski definition) is 0. The van der Waals surface area contributed by atoms with Gasteiger partial charge in [0.1, 0.15) is 25.0 Å². The fourth-order valence-corrected chi connectivity index (χ4v) is 4.49. The Balaban J connectivity index is 1.32. The zero-order valence-corrected chi connectivity index (χ0v) is 18.7. The van der Waals surface area contributed by atoms with Crippen molar-refractivity contribution in [2.45, 2.75) is 38.8 Å². The van der Waals surface area contributed by atoms with Crippen molar-refractivity contribution >= 4 is 11.8 Å². The van der Waals surface area contributed by atoms with E-state index >= 15 is 0 Å². The van der Waals surface area contributed by atoms with Crippen molar-refractivity contribution in [1.29, 1.82) is 0 Å². The summed E-state index contributed by atoms with van der Waals surface area (Å²) >= 11 is 0. The number of likely N-dealkylation sites (tertiary alicyclic amines) is 1. The van der Waals surface area contributed by atoms with Gasteiger partial charge < -0.3 is 19.0 Å². The topological polar surface area (TPSA) is 96.9 Å². The third-order valence-electron chi connectivity index (χ3n) is 6.16. The van der Waals surface area contributed by atoms with Gasteiger partial charge in [-0.3, -0.25) is 14.5 Å². The van der Waals surface area contributed by atoms with E-state index in [0.717, 1.165) is 52.1 Å². The summed E-state index contributed by atoms with van der Waals surface area (Å²) < 4.78 is 12.8. The first kappa shape index (κ1) is 22.5. The van der Waals surface area contributed by atoms with Gasteiger partial charge >= 0.3 is 0 Å². The third kappa shape index (κ3) is 5.74. The lowest BCUT2D eigenvalue weighted by atomic mass is 10.0. The number of morpholine rings is 1. The number of furan rings is 1. The molecule has 10 heteroatoms. The van der Waals surface area contributed by atoms with Crippen LogP contribution in [0.1, 0.15) is 42.5 Å². The van der Waals surface area contributed by atoms with E-state index in [4.69, 9.17) is 9.15 Å². The van der Waals surface area contributed by atoms with Gasteiger partial charge in [0.15, 0.2) is 5.76 Å². The molecule has 1 unspecified atom stereocenters. The highest BCUT2D eigenvalue weighted by atomic mass is 16.5. The minimum atomic E-state index is -0.128. The van der Waals surface area contributed by atoms with E-state index in [0.29, 0.717) is 37.7 Å². The van der Waals surface area contributed by atoms with Crippen LogP contribution in [0, 0.1) is 0 Å². The van der Waals surface area contributed by atoms with Crippen LogP contribution in [0.3, 0.4) is 0 Å². The average Bonchev–Trinajstić information content (AvgIpc) is 3.49. The van der Waals surface area contributed by atoms with Crippen molar-refractivity contribution in [2.24, 2.45) is 0 Å². The van der Waals surface area contributed by atoms with E-state index in [1.54, 1.807) is 30.1 Å². The molecule has 4 heterocycles. The molecule has 0 saturated carbocycles. The molecule has 2 aliphatic heterocycles. The van der Waals surface area contributed by atoms with E-state index in [2.05, 4.69) is 15.0 Å². The molecular weight excluding hydrogens is 412 g/mol. The van der Waals surface area contributed by atoms with Crippen molar-refractivity contribution in [1.82, 2.24) is 29.5 Å². The van der Waals surface area contributed by atoms with Gasteiger partial charge in [-0.05, 0) is 31.4 Å². The Labute approximate surface area is 188 Å². The highest BCUT2D eigenvalue weighted by molar-refractivity contribution is 5.91. The summed E-state index contributed by atoms with van der Waals surface area (Å²) in [4.78, 5) is 35.5. The zero-order chi connectivity index (χ0) is 22.3. The number of hydrogen-bond acceptors (Lipinski definition) is 7. The molecule has 0 radical (unpaired) electrons. The minimum absolute atomic E-state index is 0.0412. The van der Waals surface area contributed by atoms with Crippen LogP contribution in [-0.4, -0.2) is 99.8 Å². The molecule has 2 aromatic heterocycles. The molecule has 0 aromatic carbocycles. The second-order valence-electron chi connectivity index (χ2n) is 8.43. The fraction of sp³-hybridized carbons (Fsp3) is 0.636. The first-order chi connectivity index (χ1) is 15.6. The maximum atomic E-state index is 13.0. The molecule has 2 aromatic rings. The van der Waals surface area contributed by atoms with Gasteiger partial charge in [0, 0.05) is 52.2 Å². The van der Waals surface area contributed by atoms with Gasteiger partial charge in [0.05, 0.1) is 13.2 Å². The van der Waals surface area contributed by atoms with E-state index < -0.39 is 0 Å². The predicted molar refractivity (Wildman–Crippen MR) is 116 cm³/mol. The van der Waals surface area contributed by atoms with Crippen LogP contribution in [0.2, 0.25) is 0 Å². The summed E-state index contributed by atoms with van der Waals surface area (Å²) in [5.41, 5.74) is 0. The van der Waals surface area contributed by atoms with Crippen LogP contribution in [0.25, 0.3) is 0 Å². The van der Waals surface area contributed by atoms with Crippen molar-refractivity contribution in [3.63, 3.8) is 0 Å². The van der Waals surface area contributed by atoms with E-state index in [1.165, 1.54) is 6.33 Å². The molecular formula is C22H32N6O4. The lowest BCUT2D eigenvalue weighted by Gasteiger charge is -2.39. The van der Waals surface area contributed by atoms with Crippen LogP contribution in [-0.2, 0) is 16.1 Å². The standard InChI is InChI=1S/C22H32N6O4/c1-18(29)28(9-3-7-25-10-12-31-13-11-25)19-4-2-8-26(14-19)22(30)21-6-5-20(32-21)15-27-17-23-16-24-27/h5-6,16-17,19H,2-4,7-15H2,1H3. The molecule has 2 aliphatic rings. The summed E-state index contributed by atoms with van der Waals surface area (Å²) in [6.45, 7) is 8.40. The van der Waals surface area contributed by atoms with Gasteiger partial charge in [0.2, 0.25) is 5.91 Å². The lowest BCUT2D eigenvalue weighted by molar-refractivity contribution is -0.132. The summed E-state index contributed by atoms with van der Waals surface area (Å²) in [6.07, 6.45) is 5.78. The molecule has 1 atom stereocenters. The first-order valence-electron chi connectivity index (χ1n) is 11.4. The number of aromatic nitrogens is 3. The first-order valence-corrected chi connectivity index (χ1v) is 11.4. The molecule has 0 spiro atoms. The largest absolute Gasteiger partial charge is 0.454 e. The number of carbonyl (C=O) groups is 2. The Hall–Kier alpha value is -2.72. The van der Waals surface area contributed by atoms with Gasteiger partial charge in [0.25, 0.3) is 5.91 Å². The van der Waals surface area contributed by atoms with Gasteiger partial charge in [-0.15, -0.1) is 0 Å². The van der Waals surface area contributed by atoms with Crippen LogP contribution >= 0.6 is 0 Å². The normalized spacial score (nSPS) is 19.8. The number of rotatable bonds is 8. The molecule has 4 rings (SSSR count). The summed E-state index contributed by atoms with van der Waals surface area (Å²) in [5, 5.41) is 4.06. The lowest BCUT2D eigenvalue weighted by Crippen LogP contribution is -2.51. The highest BCUT2D eigenvalue weighted by Gasteiger charge is 2.30. The molecule has 2 fully saturated rings. The second-order valence-corrected chi connectivity index (χ2v) is 8.43. The summed E-state index contributed by atoms with van der Waals surface area (Å²) in [7, 11) is 0. The number of ether oxygens (including phenoxy) is 1. The Kier molecular flexibility index (Phi) is 7.54. The molecule has 0 N–H and O–H groups in total. The highest BCUT2D eigenvalue weighted by Crippen LogP contribution is 2.20. The predicted octanol–water partition coefficient (Wildman–Crippen LogP) is 1.09. The number of nitrogens with zero attached hydrogens (tertiary/aromatic N) is 6.